The Labute approximate surface area is 116 Å². The van der Waals surface area contributed by atoms with Gasteiger partial charge in [-0.25, -0.2) is 0 Å². The summed E-state index contributed by atoms with van der Waals surface area (Å²) in [6.07, 6.45) is 1.84. The van der Waals surface area contributed by atoms with Crippen molar-refractivity contribution < 1.29 is 24.2 Å². The van der Waals surface area contributed by atoms with Crippen molar-refractivity contribution in [1.82, 2.24) is 0 Å². The first-order valence-corrected chi connectivity index (χ1v) is 5.80. The Hall–Kier alpha value is -2.81. The molecule has 0 aliphatic rings. The number of methoxy groups -OCH3 is 1. The molecular formula is C14H14N2O4. The van der Waals surface area contributed by atoms with Crippen LogP contribution in [0.25, 0.3) is 0 Å². The second kappa shape index (κ2) is 8.32. The van der Waals surface area contributed by atoms with Gasteiger partial charge in [-0.15, -0.1) is 0 Å². The van der Waals surface area contributed by atoms with Crippen LogP contribution in [0.1, 0.15) is 6.92 Å². The van der Waals surface area contributed by atoms with Crippen LogP contribution in [-0.4, -0.2) is 29.8 Å². The molecule has 0 spiro atoms. The molecule has 1 aromatic carbocycles. The third-order valence-electron chi connectivity index (χ3n) is 2.10. The van der Waals surface area contributed by atoms with E-state index in [9.17, 15) is 9.90 Å². The average Bonchev–Trinajstić information content (AvgIpc) is 2.47. The summed E-state index contributed by atoms with van der Waals surface area (Å²) in [6, 6.07) is 8.83. The molecule has 0 amide bonds. The lowest BCUT2D eigenvalue weighted by Gasteiger charge is -2.18. The molecule has 104 valence electrons. The predicted octanol–water partition coefficient (Wildman–Crippen LogP) is 0.984. The highest BCUT2D eigenvalue weighted by Crippen LogP contribution is 2.07. The number of hydrogen-bond acceptors (Lipinski definition) is 5. The van der Waals surface area contributed by atoms with E-state index in [1.54, 1.807) is 37.3 Å². The Balaban J connectivity index is 2.82. The topological polar surface area (TPSA) is 85.0 Å². The van der Waals surface area contributed by atoms with E-state index in [2.05, 4.69) is 20.5 Å². The van der Waals surface area contributed by atoms with Gasteiger partial charge in [0, 0.05) is 0 Å². The maximum absolute atomic E-state index is 11.4. The normalized spacial score (nSPS) is 11.1. The van der Waals surface area contributed by atoms with Crippen LogP contribution in [0.4, 0.5) is 5.69 Å². The van der Waals surface area contributed by atoms with Crippen molar-refractivity contribution in [3.05, 3.63) is 48.4 Å². The maximum Gasteiger partial charge on any atom is 0.376 e. The minimum absolute atomic E-state index is 0.575. The van der Waals surface area contributed by atoms with Gasteiger partial charge >= 0.3 is 11.8 Å². The minimum Gasteiger partial charge on any atom is -0.584 e. The van der Waals surface area contributed by atoms with Gasteiger partial charge in [-0.2, -0.15) is 0 Å². The van der Waals surface area contributed by atoms with Gasteiger partial charge in [-0.3, -0.25) is 4.79 Å². The molecule has 1 aromatic rings. The molecule has 0 saturated carbocycles. The molecular weight excluding hydrogens is 260 g/mol. The summed E-state index contributed by atoms with van der Waals surface area (Å²) in [4.78, 5) is 14.8. The van der Waals surface area contributed by atoms with E-state index in [0.29, 0.717) is 5.69 Å². The molecule has 1 atom stereocenters. The second-order valence-corrected chi connectivity index (χ2v) is 3.52. The number of allylic oxidation sites excluding steroid dienone is 1. The van der Waals surface area contributed by atoms with E-state index in [4.69, 9.17) is 4.74 Å². The molecule has 0 radical (unpaired) electrons. The fourth-order valence-corrected chi connectivity index (χ4v) is 1.22. The van der Waals surface area contributed by atoms with Gasteiger partial charge in [0.2, 0.25) is 0 Å². The van der Waals surface area contributed by atoms with Crippen LogP contribution in [-0.2, 0) is 14.3 Å². The lowest BCUT2D eigenvalue weighted by Crippen LogP contribution is -2.26. The average molecular weight is 274 g/mol. The molecule has 0 heterocycles. The summed E-state index contributed by atoms with van der Waals surface area (Å²) in [5, 5.41) is 15.2. The molecule has 6 heteroatoms. The molecule has 0 bridgehead atoms. The zero-order valence-electron chi connectivity index (χ0n) is 11.1. The Morgan fingerprint density at radius 2 is 2.15 bits per heavy atom. The smallest absolute Gasteiger partial charge is 0.376 e. The third-order valence-corrected chi connectivity index (χ3v) is 2.10. The van der Waals surface area contributed by atoms with E-state index < -0.39 is 18.0 Å². The number of ether oxygens (including phenoxy) is 2. The summed E-state index contributed by atoms with van der Waals surface area (Å²) in [7, 11) is 1.20. The lowest BCUT2D eigenvalue weighted by atomic mass is 10.3. The van der Waals surface area contributed by atoms with Gasteiger partial charge in [0.05, 0.1) is 7.11 Å². The van der Waals surface area contributed by atoms with Crippen LogP contribution in [0, 0.1) is 0 Å². The van der Waals surface area contributed by atoms with E-state index in [1.165, 1.54) is 13.2 Å². The van der Waals surface area contributed by atoms with E-state index in [1.807, 2.05) is 6.07 Å². The fraction of sp³-hybridized carbons (Fsp3) is 0.214. The van der Waals surface area contributed by atoms with Crippen LogP contribution in [0.2, 0.25) is 0 Å². The Morgan fingerprint density at radius 3 is 2.75 bits per heavy atom. The first-order valence-electron chi connectivity index (χ1n) is 5.80. The maximum atomic E-state index is 11.4. The van der Waals surface area contributed by atoms with Crippen molar-refractivity contribution >= 4 is 17.5 Å². The minimum atomic E-state index is -1.11. The van der Waals surface area contributed by atoms with Crippen molar-refractivity contribution in [2.45, 2.75) is 13.0 Å². The van der Waals surface area contributed by atoms with Crippen molar-refractivity contribution in [2.75, 3.05) is 7.11 Å². The fourth-order valence-electron chi connectivity index (χ4n) is 1.22. The highest BCUT2D eigenvalue weighted by atomic mass is 16.6. The van der Waals surface area contributed by atoms with Gasteiger partial charge in [-0.05, 0) is 19.1 Å². The molecule has 6 nitrogen and oxygen atoms in total. The van der Waals surface area contributed by atoms with E-state index in [-0.39, 0.29) is 0 Å². The Bertz CT molecular complexity index is 568. The zero-order chi connectivity index (χ0) is 14.8. The number of esters is 1. The molecule has 0 saturated heterocycles. The quantitative estimate of drug-likeness (QED) is 0.200. The van der Waals surface area contributed by atoms with Gasteiger partial charge in [0.15, 0.2) is 5.95 Å². The molecule has 1 unspecified atom stereocenters. The first kappa shape index (κ1) is 15.2. The SMILES string of the molecule is C/C=C/C(OC([O-])=C=[N+]=Nc1ccccc1)C(=O)OC. The molecule has 20 heavy (non-hydrogen) atoms. The molecule has 0 aliphatic carbocycles. The number of hydrogen-bond donors (Lipinski definition) is 0. The summed E-state index contributed by atoms with van der Waals surface area (Å²) >= 11 is 0. The van der Waals surface area contributed by atoms with Crippen molar-refractivity contribution in [3.8, 4) is 0 Å². The third kappa shape index (κ3) is 5.23. The van der Waals surface area contributed by atoms with Crippen molar-refractivity contribution in [2.24, 2.45) is 5.11 Å². The zero-order valence-corrected chi connectivity index (χ0v) is 11.1. The number of rotatable bonds is 5. The molecule has 1 rings (SSSR count). The number of nitrogens with zero attached hydrogens (tertiary/aromatic N) is 2. The van der Waals surface area contributed by atoms with Crippen LogP contribution >= 0.6 is 0 Å². The molecule has 0 aromatic heterocycles. The number of benzene rings is 1. The summed E-state index contributed by atoms with van der Waals surface area (Å²) in [5.41, 5.74) is 0.575. The Kier molecular flexibility index (Phi) is 6.34. The monoisotopic (exact) mass is 274 g/mol. The van der Waals surface area contributed by atoms with Crippen molar-refractivity contribution in [3.63, 3.8) is 0 Å². The van der Waals surface area contributed by atoms with E-state index in [0.717, 1.165) is 0 Å². The first-order chi connectivity index (χ1) is 9.67. The van der Waals surface area contributed by atoms with E-state index >= 15 is 0 Å². The highest BCUT2D eigenvalue weighted by molar-refractivity contribution is 5.77. The van der Waals surface area contributed by atoms with Gasteiger partial charge in [-0.1, -0.05) is 30.4 Å². The van der Waals surface area contributed by atoms with Crippen LogP contribution in [0.5, 0.6) is 0 Å². The number of carbonyl (C=O) groups excluding carboxylic acids is 1. The number of carbonyl (C=O) groups is 1. The summed E-state index contributed by atoms with van der Waals surface area (Å²) < 4.78 is 9.31. The van der Waals surface area contributed by atoms with Crippen LogP contribution in [0.15, 0.2) is 53.5 Å². The van der Waals surface area contributed by atoms with Crippen LogP contribution in [0.3, 0.4) is 0 Å². The second-order valence-electron chi connectivity index (χ2n) is 3.52. The van der Waals surface area contributed by atoms with Crippen molar-refractivity contribution in [1.29, 1.82) is 0 Å². The largest absolute Gasteiger partial charge is 0.584 e. The van der Waals surface area contributed by atoms with Gasteiger partial charge in [0.25, 0.3) is 0 Å². The summed E-state index contributed by atoms with van der Waals surface area (Å²) in [6.45, 7) is 1.69. The standard InChI is InChI=1S/C14H14N2O4/c1-3-7-12(14(18)19-2)20-13(17)10-15-16-11-8-5-4-6-9-11/h3-9,12H,1-2H3/b7-3+. The molecule has 0 fully saturated rings. The van der Waals surface area contributed by atoms with Gasteiger partial charge in [0.1, 0.15) is 21.7 Å². The Morgan fingerprint density at radius 1 is 1.45 bits per heavy atom. The van der Waals surface area contributed by atoms with Crippen LogP contribution < -0.4 is 5.11 Å². The molecule has 0 aliphatic heterocycles. The lowest BCUT2D eigenvalue weighted by molar-refractivity contribution is -0.358. The van der Waals surface area contributed by atoms with Gasteiger partial charge < -0.3 is 14.6 Å². The molecule has 0 N–H and O–H groups in total. The highest BCUT2D eigenvalue weighted by Gasteiger charge is 2.12. The summed E-state index contributed by atoms with van der Waals surface area (Å²) in [5.74, 6) is 0.468. The predicted molar refractivity (Wildman–Crippen MR) is 69.0 cm³/mol.